The molecule has 206 valence electrons. The number of fused-ring (bicyclic) bond motifs is 1. The van der Waals surface area contributed by atoms with Gasteiger partial charge in [-0.3, -0.25) is 0 Å². The third kappa shape index (κ3) is 6.14. The lowest BCUT2D eigenvalue weighted by Crippen LogP contribution is -2.46. The molecule has 1 N–H and O–H groups in total. The quantitative estimate of drug-likeness (QED) is 0.196. The number of pyridine rings is 1. The summed E-state index contributed by atoms with van der Waals surface area (Å²) in [6, 6.07) is 11.9. The van der Waals surface area contributed by atoms with Gasteiger partial charge >= 0.3 is 0 Å². The molecule has 3 heterocycles. The van der Waals surface area contributed by atoms with Gasteiger partial charge in [0.15, 0.2) is 11.4 Å². The molecule has 4 atom stereocenters. The van der Waals surface area contributed by atoms with Crippen molar-refractivity contribution in [1.29, 1.82) is 0 Å². The van der Waals surface area contributed by atoms with Crippen LogP contribution in [0.1, 0.15) is 24.3 Å². The molecule has 4 unspecified atom stereocenters. The van der Waals surface area contributed by atoms with Crippen molar-refractivity contribution in [3.05, 3.63) is 90.3 Å². The van der Waals surface area contributed by atoms with Crippen molar-refractivity contribution >= 4 is 80.6 Å². The highest BCUT2D eigenvalue weighted by molar-refractivity contribution is 6.36. The predicted molar refractivity (Wildman–Crippen MR) is 153 cm³/mol. The molecule has 1 fully saturated rings. The minimum Gasteiger partial charge on any atom is -0.383 e. The van der Waals surface area contributed by atoms with Crippen molar-refractivity contribution in [2.75, 3.05) is 6.61 Å². The summed E-state index contributed by atoms with van der Waals surface area (Å²) in [7, 11) is 0. The van der Waals surface area contributed by atoms with E-state index in [0.717, 1.165) is 5.56 Å². The second-order valence-electron chi connectivity index (χ2n) is 9.23. The number of nitrogens with zero attached hydrogens (tertiary/aromatic N) is 3. The van der Waals surface area contributed by atoms with Crippen molar-refractivity contribution in [3.63, 3.8) is 0 Å². The molecular weight excluding hydrogens is 631 g/mol. The fourth-order valence-corrected chi connectivity index (χ4v) is 5.93. The van der Waals surface area contributed by atoms with E-state index in [-0.39, 0.29) is 30.1 Å². The number of hydrogen-bond donors (Lipinski definition) is 1. The van der Waals surface area contributed by atoms with Gasteiger partial charge in [0.25, 0.3) is 0 Å². The monoisotopic (exact) mass is 649 g/mol. The van der Waals surface area contributed by atoms with Gasteiger partial charge in [0.1, 0.15) is 28.5 Å². The standard InChI is InChI=1S/C26H21Cl6N3O4/c1-26(36)23(38-10-14-3-5-16(28)7-18(14)30)20(11-37-9-13-2-4-15(27)6-17(13)29)39-25(26)35-12-33-22-19(35)8-21(31)34-24(22)32/h2-8,12,20,23,25,36H,9-11H2,1H3. The Hall–Kier alpha value is -1.36. The lowest BCUT2D eigenvalue weighted by molar-refractivity contribution is -0.114. The average Bonchev–Trinajstić information content (AvgIpc) is 3.38. The van der Waals surface area contributed by atoms with Crippen molar-refractivity contribution in [1.82, 2.24) is 14.5 Å². The summed E-state index contributed by atoms with van der Waals surface area (Å²) in [5.41, 5.74) is 0.874. The van der Waals surface area contributed by atoms with Gasteiger partial charge in [-0.15, -0.1) is 0 Å². The number of imidazole rings is 1. The summed E-state index contributed by atoms with van der Waals surface area (Å²) >= 11 is 37.1. The van der Waals surface area contributed by atoms with E-state index in [4.69, 9.17) is 83.8 Å². The maximum Gasteiger partial charge on any atom is 0.167 e. The van der Waals surface area contributed by atoms with E-state index in [9.17, 15) is 5.11 Å². The molecule has 4 aromatic rings. The molecule has 0 amide bonds. The van der Waals surface area contributed by atoms with E-state index < -0.39 is 24.0 Å². The number of benzene rings is 2. The first-order chi connectivity index (χ1) is 18.5. The summed E-state index contributed by atoms with van der Waals surface area (Å²) < 4.78 is 20.2. The van der Waals surface area contributed by atoms with Gasteiger partial charge < -0.3 is 23.9 Å². The van der Waals surface area contributed by atoms with Gasteiger partial charge in [-0.1, -0.05) is 81.7 Å². The number of hydrogen-bond acceptors (Lipinski definition) is 6. The van der Waals surface area contributed by atoms with Gasteiger partial charge in [0.2, 0.25) is 0 Å². The SMILES string of the molecule is CC1(O)C(OCc2ccc(Cl)cc2Cl)C(COCc2ccc(Cl)cc2Cl)OC1n1cnc2c(Cl)nc(Cl)cc21. The first-order valence-electron chi connectivity index (χ1n) is 11.7. The third-order valence-corrected chi connectivity index (χ3v) is 8.08. The zero-order valence-electron chi connectivity index (χ0n) is 20.3. The second kappa shape index (κ2) is 11.9. The molecule has 1 aliphatic rings. The van der Waals surface area contributed by atoms with E-state index in [0.29, 0.717) is 36.7 Å². The first kappa shape index (κ1) is 29.1. The van der Waals surface area contributed by atoms with Gasteiger partial charge in [-0.05, 0) is 42.3 Å². The van der Waals surface area contributed by atoms with Crippen LogP contribution >= 0.6 is 69.6 Å². The van der Waals surface area contributed by atoms with Crippen LogP contribution in [0, 0.1) is 0 Å². The summed E-state index contributed by atoms with van der Waals surface area (Å²) in [6.45, 7) is 2.00. The van der Waals surface area contributed by atoms with E-state index in [2.05, 4.69) is 9.97 Å². The van der Waals surface area contributed by atoms with Crippen molar-refractivity contribution in [3.8, 4) is 0 Å². The van der Waals surface area contributed by atoms with Gasteiger partial charge in [0, 0.05) is 26.2 Å². The second-order valence-corrected chi connectivity index (χ2v) is 11.7. The van der Waals surface area contributed by atoms with Crippen molar-refractivity contribution < 1.29 is 19.3 Å². The Balaban J connectivity index is 1.42. The van der Waals surface area contributed by atoms with Gasteiger partial charge in [-0.2, -0.15) is 0 Å². The lowest BCUT2D eigenvalue weighted by Gasteiger charge is -2.30. The molecule has 5 rings (SSSR count). The molecule has 0 radical (unpaired) electrons. The van der Waals surface area contributed by atoms with E-state index in [1.54, 1.807) is 54.0 Å². The Morgan fingerprint density at radius 3 is 2.23 bits per heavy atom. The normalized spacial score (nSPS) is 23.1. The number of ether oxygens (including phenoxy) is 3. The number of aliphatic hydroxyl groups is 1. The molecular formula is C26H21Cl6N3O4. The van der Waals surface area contributed by atoms with Crippen LogP contribution in [-0.4, -0.2) is 44.1 Å². The van der Waals surface area contributed by atoms with Crippen molar-refractivity contribution in [2.24, 2.45) is 0 Å². The van der Waals surface area contributed by atoms with E-state index in [1.807, 2.05) is 0 Å². The van der Waals surface area contributed by atoms with E-state index in [1.165, 1.54) is 6.33 Å². The topological polar surface area (TPSA) is 78.6 Å². The molecule has 7 nitrogen and oxygen atoms in total. The van der Waals surface area contributed by atoms with Crippen LogP contribution in [0.4, 0.5) is 0 Å². The van der Waals surface area contributed by atoms with Crippen molar-refractivity contribution in [2.45, 2.75) is 44.2 Å². The van der Waals surface area contributed by atoms with Crippen LogP contribution in [0.15, 0.2) is 48.8 Å². The number of halogens is 6. The van der Waals surface area contributed by atoms with Gasteiger partial charge in [-0.25, -0.2) is 9.97 Å². The highest BCUT2D eigenvalue weighted by atomic mass is 35.5. The molecule has 39 heavy (non-hydrogen) atoms. The first-order valence-corrected chi connectivity index (χ1v) is 13.9. The summed E-state index contributed by atoms with van der Waals surface area (Å²) in [5.74, 6) is 0. The number of rotatable bonds is 8. The largest absolute Gasteiger partial charge is 0.383 e. The summed E-state index contributed by atoms with van der Waals surface area (Å²) in [5, 5.41) is 14.1. The lowest BCUT2D eigenvalue weighted by atomic mass is 9.96. The summed E-state index contributed by atoms with van der Waals surface area (Å²) in [6.07, 6.45) is -0.930. The molecule has 0 aliphatic carbocycles. The zero-order chi connectivity index (χ0) is 27.9. The predicted octanol–water partition coefficient (Wildman–Crippen LogP) is 7.80. The fourth-order valence-electron chi connectivity index (χ4n) is 4.53. The summed E-state index contributed by atoms with van der Waals surface area (Å²) in [4.78, 5) is 8.38. The molecule has 0 bridgehead atoms. The maximum atomic E-state index is 11.8. The van der Waals surface area contributed by atoms with Crippen LogP contribution < -0.4 is 0 Å². The van der Waals surface area contributed by atoms with Gasteiger partial charge in [0.05, 0.1) is 31.7 Å². The Labute approximate surface area is 254 Å². The van der Waals surface area contributed by atoms with Crippen LogP contribution in [0.2, 0.25) is 30.4 Å². The highest BCUT2D eigenvalue weighted by Gasteiger charge is 2.55. The Morgan fingerprint density at radius 2 is 1.59 bits per heavy atom. The maximum absolute atomic E-state index is 11.8. The minimum absolute atomic E-state index is 0.0837. The smallest absolute Gasteiger partial charge is 0.167 e. The molecule has 0 spiro atoms. The van der Waals surface area contributed by atoms with Crippen LogP contribution in [0.3, 0.4) is 0 Å². The van der Waals surface area contributed by atoms with Crippen LogP contribution in [-0.2, 0) is 27.4 Å². The third-order valence-electron chi connectivity index (χ3n) is 6.45. The highest BCUT2D eigenvalue weighted by Crippen LogP contribution is 2.43. The van der Waals surface area contributed by atoms with Crippen LogP contribution in [0.25, 0.3) is 11.0 Å². The minimum atomic E-state index is -1.54. The molecule has 1 saturated heterocycles. The Morgan fingerprint density at radius 1 is 0.949 bits per heavy atom. The Kier molecular flexibility index (Phi) is 8.86. The van der Waals surface area contributed by atoms with E-state index >= 15 is 0 Å². The number of aromatic nitrogens is 3. The molecule has 2 aromatic heterocycles. The average molecular weight is 652 g/mol. The Bertz CT molecular complexity index is 1510. The molecule has 2 aromatic carbocycles. The fraction of sp³-hybridized carbons (Fsp3) is 0.308. The molecule has 0 saturated carbocycles. The zero-order valence-corrected chi connectivity index (χ0v) is 24.8. The molecule has 1 aliphatic heterocycles. The molecule has 13 heteroatoms. The van der Waals surface area contributed by atoms with Crippen LogP contribution in [0.5, 0.6) is 0 Å².